The Kier molecular flexibility index (Phi) is 4.84. The van der Waals surface area contributed by atoms with Gasteiger partial charge in [-0.3, -0.25) is 4.98 Å². The van der Waals surface area contributed by atoms with E-state index in [1.165, 1.54) is 0 Å². The molecule has 0 amide bonds. The number of hydrogen-bond acceptors (Lipinski definition) is 2. The number of aromatic nitrogens is 1. The van der Waals surface area contributed by atoms with Gasteiger partial charge in [-0.25, -0.2) is 0 Å². The molecule has 1 atom stereocenters. The lowest BCUT2D eigenvalue weighted by molar-refractivity contribution is 0.449. The van der Waals surface area contributed by atoms with Gasteiger partial charge in [0.2, 0.25) is 0 Å². The molecule has 1 rings (SSSR count). The van der Waals surface area contributed by atoms with Crippen molar-refractivity contribution in [2.45, 2.75) is 26.3 Å². The molecule has 0 spiro atoms. The van der Waals surface area contributed by atoms with Gasteiger partial charge in [0, 0.05) is 6.20 Å². The molecule has 84 valence electrons. The Morgan fingerprint density at radius 3 is 2.53 bits per heavy atom. The van der Waals surface area contributed by atoms with E-state index >= 15 is 0 Å². The van der Waals surface area contributed by atoms with Crippen LogP contribution < -0.4 is 5.32 Å². The van der Waals surface area contributed by atoms with Crippen LogP contribution in [0.4, 0.5) is 0 Å². The normalized spacial score (nSPS) is 13.2. The summed E-state index contributed by atoms with van der Waals surface area (Å²) in [5.74, 6) is 0.594. The van der Waals surface area contributed by atoms with Gasteiger partial charge in [-0.15, -0.1) is 0 Å². The standard InChI is InChI=1S/C11H16Cl2N2/c1-7(2)4-10(14-3)11-9(13)5-8(12)6-15-11/h5-7,10,14H,4H2,1-3H3. The van der Waals surface area contributed by atoms with E-state index in [0.717, 1.165) is 12.1 Å². The van der Waals surface area contributed by atoms with Crippen LogP contribution in [0.3, 0.4) is 0 Å². The molecule has 2 nitrogen and oxygen atoms in total. The van der Waals surface area contributed by atoms with Gasteiger partial charge >= 0.3 is 0 Å². The summed E-state index contributed by atoms with van der Waals surface area (Å²) in [6, 6.07) is 1.92. The van der Waals surface area contributed by atoms with Crippen molar-refractivity contribution in [1.29, 1.82) is 0 Å². The van der Waals surface area contributed by atoms with Crippen LogP contribution in [-0.4, -0.2) is 12.0 Å². The highest BCUT2D eigenvalue weighted by atomic mass is 35.5. The van der Waals surface area contributed by atoms with E-state index in [1.54, 1.807) is 12.3 Å². The molecule has 0 saturated carbocycles. The highest BCUT2D eigenvalue weighted by molar-refractivity contribution is 6.34. The SMILES string of the molecule is CNC(CC(C)C)c1ncc(Cl)cc1Cl. The first kappa shape index (κ1) is 12.8. The second-order valence-electron chi connectivity index (χ2n) is 3.99. The maximum Gasteiger partial charge on any atom is 0.0760 e. The average molecular weight is 247 g/mol. The number of rotatable bonds is 4. The third-order valence-electron chi connectivity index (χ3n) is 2.22. The highest BCUT2D eigenvalue weighted by Gasteiger charge is 2.15. The van der Waals surface area contributed by atoms with E-state index in [-0.39, 0.29) is 6.04 Å². The molecule has 1 unspecified atom stereocenters. The Labute approximate surface area is 101 Å². The lowest BCUT2D eigenvalue weighted by Gasteiger charge is -2.18. The summed E-state index contributed by atoms with van der Waals surface area (Å²) in [6.07, 6.45) is 2.64. The molecule has 15 heavy (non-hydrogen) atoms. The first-order valence-corrected chi connectivity index (χ1v) is 5.78. The average Bonchev–Trinajstić information content (AvgIpc) is 2.14. The highest BCUT2D eigenvalue weighted by Crippen LogP contribution is 2.27. The molecule has 0 radical (unpaired) electrons. The van der Waals surface area contributed by atoms with Crippen molar-refractivity contribution in [3.8, 4) is 0 Å². The molecule has 1 aromatic rings. The van der Waals surface area contributed by atoms with Crippen LogP contribution >= 0.6 is 23.2 Å². The molecule has 0 saturated heterocycles. The van der Waals surface area contributed by atoms with Crippen LogP contribution in [-0.2, 0) is 0 Å². The third kappa shape index (κ3) is 3.63. The number of pyridine rings is 1. The minimum atomic E-state index is 0.190. The van der Waals surface area contributed by atoms with Gasteiger partial charge in [0.1, 0.15) is 0 Å². The monoisotopic (exact) mass is 246 g/mol. The van der Waals surface area contributed by atoms with Crippen LogP contribution in [0.5, 0.6) is 0 Å². The number of nitrogens with one attached hydrogen (secondary N) is 1. The molecule has 1 aromatic heterocycles. The topological polar surface area (TPSA) is 24.9 Å². The van der Waals surface area contributed by atoms with Gasteiger partial charge in [-0.2, -0.15) is 0 Å². The van der Waals surface area contributed by atoms with Crippen molar-refractivity contribution in [3.63, 3.8) is 0 Å². The van der Waals surface area contributed by atoms with E-state index < -0.39 is 0 Å². The number of hydrogen-bond donors (Lipinski definition) is 1. The lowest BCUT2D eigenvalue weighted by Crippen LogP contribution is -2.19. The molecular weight excluding hydrogens is 231 g/mol. The summed E-state index contributed by atoms with van der Waals surface area (Å²) >= 11 is 11.9. The minimum Gasteiger partial charge on any atom is -0.312 e. The van der Waals surface area contributed by atoms with Gasteiger partial charge in [-0.05, 0) is 25.5 Å². The van der Waals surface area contributed by atoms with Crippen molar-refractivity contribution in [1.82, 2.24) is 10.3 Å². The summed E-state index contributed by atoms with van der Waals surface area (Å²) < 4.78 is 0. The van der Waals surface area contributed by atoms with Crippen molar-refractivity contribution < 1.29 is 0 Å². The molecule has 0 bridgehead atoms. The maximum absolute atomic E-state index is 6.10. The summed E-state index contributed by atoms with van der Waals surface area (Å²) in [4.78, 5) is 4.28. The third-order valence-corrected chi connectivity index (χ3v) is 2.73. The van der Waals surface area contributed by atoms with Crippen molar-refractivity contribution in [2.24, 2.45) is 5.92 Å². The second-order valence-corrected chi connectivity index (χ2v) is 4.84. The Bertz CT molecular complexity index is 326. The van der Waals surface area contributed by atoms with Crippen LogP contribution in [0.15, 0.2) is 12.3 Å². The largest absolute Gasteiger partial charge is 0.312 e. The van der Waals surface area contributed by atoms with Crippen molar-refractivity contribution in [2.75, 3.05) is 7.05 Å². The maximum atomic E-state index is 6.10. The quantitative estimate of drug-likeness (QED) is 0.877. The fourth-order valence-electron chi connectivity index (χ4n) is 1.52. The van der Waals surface area contributed by atoms with E-state index in [4.69, 9.17) is 23.2 Å². The van der Waals surface area contributed by atoms with Crippen molar-refractivity contribution >= 4 is 23.2 Å². The summed E-state index contributed by atoms with van der Waals surface area (Å²) in [5.41, 5.74) is 0.872. The fraction of sp³-hybridized carbons (Fsp3) is 0.545. The molecule has 1 heterocycles. The van der Waals surface area contributed by atoms with E-state index in [2.05, 4.69) is 24.1 Å². The molecule has 0 aliphatic carbocycles. The Morgan fingerprint density at radius 1 is 1.40 bits per heavy atom. The van der Waals surface area contributed by atoms with Gasteiger partial charge in [0.25, 0.3) is 0 Å². The first-order chi connectivity index (χ1) is 7.04. The zero-order valence-corrected chi connectivity index (χ0v) is 10.7. The molecule has 0 aromatic carbocycles. The molecule has 0 aliphatic heterocycles. The van der Waals surface area contributed by atoms with Gasteiger partial charge in [-0.1, -0.05) is 37.0 Å². The lowest BCUT2D eigenvalue weighted by atomic mass is 10.0. The second kappa shape index (κ2) is 5.69. The molecule has 0 aliphatic rings. The zero-order valence-electron chi connectivity index (χ0n) is 9.22. The first-order valence-electron chi connectivity index (χ1n) is 5.02. The Hall–Kier alpha value is -0.310. The molecule has 4 heteroatoms. The van der Waals surface area contributed by atoms with Crippen molar-refractivity contribution in [3.05, 3.63) is 28.0 Å². The Morgan fingerprint density at radius 2 is 2.07 bits per heavy atom. The van der Waals surface area contributed by atoms with Gasteiger partial charge in [0.15, 0.2) is 0 Å². The molecular formula is C11H16Cl2N2. The van der Waals surface area contributed by atoms with Gasteiger partial charge in [0.05, 0.1) is 21.8 Å². The summed E-state index contributed by atoms with van der Waals surface area (Å²) in [6.45, 7) is 4.35. The summed E-state index contributed by atoms with van der Waals surface area (Å²) in [5, 5.41) is 4.42. The fourth-order valence-corrected chi connectivity index (χ4v) is 2.03. The Balaban J connectivity index is 2.91. The predicted octanol–water partition coefficient (Wildman–Crippen LogP) is 3.70. The van der Waals surface area contributed by atoms with E-state index in [0.29, 0.717) is 16.0 Å². The minimum absolute atomic E-state index is 0.190. The molecule has 1 N–H and O–H groups in total. The van der Waals surface area contributed by atoms with E-state index in [1.807, 2.05) is 7.05 Å². The number of nitrogens with zero attached hydrogens (tertiary/aromatic N) is 1. The summed E-state index contributed by atoms with van der Waals surface area (Å²) in [7, 11) is 1.92. The van der Waals surface area contributed by atoms with Crippen LogP contribution in [0.2, 0.25) is 10.0 Å². The van der Waals surface area contributed by atoms with E-state index in [9.17, 15) is 0 Å². The van der Waals surface area contributed by atoms with Gasteiger partial charge < -0.3 is 5.32 Å². The zero-order chi connectivity index (χ0) is 11.4. The van der Waals surface area contributed by atoms with Crippen LogP contribution in [0.1, 0.15) is 32.0 Å². The predicted molar refractivity (Wildman–Crippen MR) is 65.5 cm³/mol. The smallest absolute Gasteiger partial charge is 0.0760 e. The number of halogens is 2. The molecule has 0 fully saturated rings. The van der Waals surface area contributed by atoms with Crippen LogP contribution in [0, 0.1) is 5.92 Å². The van der Waals surface area contributed by atoms with Crippen LogP contribution in [0.25, 0.3) is 0 Å².